The molecule has 0 saturated heterocycles. The fourth-order valence-electron chi connectivity index (χ4n) is 0.211. The van der Waals surface area contributed by atoms with Gasteiger partial charge in [0.15, 0.2) is 0 Å². The van der Waals surface area contributed by atoms with Crippen LogP contribution in [0, 0.1) is 0 Å². The maximum atomic E-state index is 10.3. The summed E-state index contributed by atoms with van der Waals surface area (Å²) in [6.07, 6.45) is -0.0864. The first-order valence-electron chi connectivity index (χ1n) is 2.40. The van der Waals surface area contributed by atoms with Gasteiger partial charge in [0, 0.05) is 0 Å². The summed E-state index contributed by atoms with van der Waals surface area (Å²) in [6, 6.07) is 0. The van der Waals surface area contributed by atoms with Gasteiger partial charge in [-0.1, -0.05) is 0 Å². The maximum absolute atomic E-state index is 10.3. The van der Waals surface area contributed by atoms with E-state index < -0.39 is 12.1 Å². The topological polar surface area (TPSA) is 65.0 Å². The number of carbonyl (C=O) groups is 2. The van der Waals surface area contributed by atoms with Crippen molar-refractivity contribution in [3.05, 3.63) is 0 Å². The minimum atomic E-state index is -0.828. The molecule has 0 bridgehead atoms. The number of esters is 1. The highest BCUT2D eigenvalue weighted by Gasteiger charge is 1.95. The summed E-state index contributed by atoms with van der Waals surface area (Å²) in [4.78, 5) is 23.5. The molecule has 0 rings (SSSR count). The molecule has 1 amide bonds. The lowest BCUT2D eigenvalue weighted by molar-refractivity contribution is -0.132. The molecule has 0 aromatic heterocycles. The van der Waals surface area contributed by atoms with Gasteiger partial charge >= 0.3 is 12.1 Å². The number of methoxy groups -OCH3 is 2. The van der Waals surface area contributed by atoms with Crippen LogP contribution in [0.4, 0.5) is 4.79 Å². The second-order valence-corrected chi connectivity index (χ2v) is 1.25. The summed E-state index contributed by atoms with van der Waals surface area (Å²) < 4.78 is 8.25. The monoisotopic (exact) mass is 145 g/mol. The van der Waals surface area contributed by atoms with Crippen molar-refractivity contribution in [2.45, 2.75) is 0 Å². The minimum Gasteiger partial charge on any atom is -0.465 e. The van der Waals surface area contributed by atoms with Crippen molar-refractivity contribution in [1.29, 1.82) is 0 Å². The third-order valence-electron chi connectivity index (χ3n) is 0.651. The first-order valence-corrected chi connectivity index (χ1v) is 2.40. The zero-order valence-electron chi connectivity index (χ0n) is 5.66. The number of nitrogens with zero attached hydrogens (tertiary/aromatic N) is 1. The van der Waals surface area contributed by atoms with E-state index in [1.807, 2.05) is 0 Å². The zero-order valence-corrected chi connectivity index (χ0v) is 5.66. The van der Waals surface area contributed by atoms with Crippen LogP contribution in [0.2, 0.25) is 0 Å². The third-order valence-corrected chi connectivity index (χ3v) is 0.651. The van der Waals surface area contributed by atoms with Crippen molar-refractivity contribution in [1.82, 2.24) is 0 Å². The number of carbonyl (C=O) groups excluding carboxylic acids is 2. The van der Waals surface area contributed by atoms with Crippen LogP contribution in [0.3, 0.4) is 0 Å². The first-order chi connectivity index (χ1) is 4.70. The Morgan fingerprint density at radius 3 is 2.30 bits per heavy atom. The molecule has 5 heteroatoms. The summed E-state index contributed by atoms with van der Waals surface area (Å²) in [6.45, 7) is 0. The van der Waals surface area contributed by atoms with E-state index in [1.165, 1.54) is 7.11 Å². The average molecular weight is 145 g/mol. The van der Waals surface area contributed by atoms with E-state index in [4.69, 9.17) is 0 Å². The van der Waals surface area contributed by atoms with Gasteiger partial charge in [-0.3, -0.25) is 0 Å². The van der Waals surface area contributed by atoms with Crippen molar-refractivity contribution in [3.8, 4) is 0 Å². The molecule has 0 aromatic carbocycles. The second kappa shape index (κ2) is 4.49. The highest BCUT2D eigenvalue weighted by Crippen LogP contribution is 1.77. The van der Waals surface area contributed by atoms with Crippen LogP contribution in [0.25, 0.3) is 0 Å². The van der Waals surface area contributed by atoms with Gasteiger partial charge in [-0.25, -0.2) is 9.59 Å². The van der Waals surface area contributed by atoms with Gasteiger partial charge in [-0.05, 0) is 0 Å². The van der Waals surface area contributed by atoms with E-state index in [0.29, 0.717) is 0 Å². The molecule has 0 spiro atoms. The van der Waals surface area contributed by atoms with Crippen molar-refractivity contribution >= 4 is 18.3 Å². The Bertz CT molecular complexity index is 145. The Balaban J connectivity index is 3.75. The molecule has 0 saturated carbocycles. The minimum absolute atomic E-state index is 0.689. The third kappa shape index (κ3) is 3.59. The van der Waals surface area contributed by atoms with Gasteiger partial charge in [0.2, 0.25) is 0 Å². The van der Waals surface area contributed by atoms with Crippen LogP contribution < -0.4 is 0 Å². The zero-order chi connectivity index (χ0) is 7.98. The van der Waals surface area contributed by atoms with Crippen molar-refractivity contribution in [3.63, 3.8) is 0 Å². The lowest BCUT2D eigenvalue weighted by atomic mass is 10.7. The highest BCUT2D eigenvalue weighted by molar-refractivity contribution is 6.24. The quantitative estimate of drug-likeness (QED) is 0.384. The lowest BCUT2D eigenvalue weighted by Gasteiger charge is -1.88. The van der Waals surface area contributed by atoms with Crippen molar-refractivity contribution in [2.75, 3.05) is 14.2 Å². The molecule has 0 aliphatic carbocycles. The van der Waals surface area contributed by atoms with Crippen LogP contribution >= 0.6 is 0 Å². The number of ether oxygens (including phenoxy) is 2. The molecule has 0 unspecified atom stereocenters. The van der Waals surface area contributed by atoms with E-state index in [-0.39, 0.29) is 0 Å². The average Bonchev–Trinajstić information content (AvgIpc) is 1.99. The summed E-state index contributed by atoms with van der Waals surface area (Å²) in [5.41, 5.74) is 0. The molecule has 0 aliphatic rings. The molecule has 0 aliphatic heterocycles. The molecule has 0 atom stereocenters. The van der Waals surface area contributed by atoms with Crippen LogP contribution in [-0.4, -0.2) is 32.5 Å². The summed E-state index contributed by atoms with van der Waals surface area (Å²) >= 11 is 0. The Hall–Kier alpha value is -1.39. The number of hydrogen-bond donors (Lipinski definition) is 0. The van der Waals surface area contributed by atoms with Gasteiger partial charge in [0.1, 0.15) is 6.21 Å². The van der Waals surface area contributed by atoms with E-state index in [0.717, 1.165) is 13.3 Å². The van der Waals surface area contributed by atoms with Gasteiger partial charge < -0.3 is 9.47 Å². The Kier molecular flexibility index (Phi) is 3.86. The molecule has 56 valence electrons. The van der Waals surface area contributed by atoms with E-state index in [2.05, 4.69) is 14.5 Å². The SMILES string of the molecule is COC(=O)/C=N/C(=O)OC. The first kappa shape index (κ1) is 8.61. The molecule has 10 heavy (non-hydrogen) atoms. The molecule has 0 radical (unpaired) electrons. The van der Waals surface area contributed by atoms with E-state index in [9.17, 15) is 9.59 Å². The van der Waals surface area contributed by atoms with Crippen molar-refractivity contribution < 1.29 is 19.1 Å². The smallest absolute Gasteiger partial charge is 0.433 e. The Labute approximate surface area is 57.6 Å². The van der Waals surface area contributed by atoms with Gasteiger partial charge in [-0.2, -0.15) is 4.99 Å². The van der Waals surface area contributed by atoms with E-state index >= 15 is 0 Å². The number of aliphatic imine (C=N–C) groups is 1. The van der Waals surface area contributed by atoms with E-state index in [1.54, 1.807) is 0 Å². The Morgan fingerprint density at radius 2 is 1.90 bits per heavy atom. The predicted molar refractivity (Wildman–Crippen MR) is 32.9 cm³/mol. The Morgan fingerprint density at radius 1 is 1.30 bits per heavy atom. The summed E-state index contributed by atoms with van der Waals surface area (Å²) in [5, 5.41) is 0. The van der Waals surface area contributed by atoms with Gasteiger partial charge in [0.25, 0.3) is 0 Å². The van der Waals surface area contributed by atoms with Crippen LogP contribution in [0.15, 0.2) is 4.99 Å². The second-order valence-electron chi connectivity index (χ2n) is 1.25. The molecule has 0 aromatic rings. The number of rotatable bonds is 1. The predicted octanol–water partition coefficient (Wildman–Crippen LogP) is -0.00340. The molecule has 5 nitrogen and oxygen atoms in total. The van der Waals surface area contributed by atoms with Crippen LogP contribution in [0.1, 0.15) is 0 Å². The standard InChI is InChI=1S/C5H7NO4/c1-9-4(7)3-6-5(8)10-2/h3H,1-2H3/b6-3+. The maximum Gasteiger partial charge on any atom is 0.433 e. The molecule has 0 fully saturated rings. The summed E-state index contributed by atoms with van der Waals surface area (Å²) in [7, 11) is 2.35. The number of amides is 1. The molecular formula is C5H7NO4. The molecule has 0 N–H and O–H groups in total. The summed E-state index contributed by atoms with van der Waals surface area (Å²) in [5.74, 6) is -0.689. The molecular weight excluding hydrogens is 138 g/mol. The van der Waals surface area contributed by atoms with Crippen molar-refractivity contribution in [2.24, 2.45) is 4.99 Å². The van der Waals surface area contributed by atoms with Crippen LogP contribution in [0.5, 0.6) is 0 Å². The van der Waals surface area contributed by atoms with Crippen LogP contribution in [-0.2, 0) is 14.3 Å². The van der Waals surface area contributed by atoms with Gasteiger partial charge in [-0.15, -0.1) is 0 Å². The fraction of sp³-hybridized carbons (Fsp3) is 0.400. The lowest BCUT2D eigenvalue weighted by Crippen LogP contribution is -2.03. The molecule has 0 heterocycles. The normalized spacial score (nSPS) is 9.40. The fourth-order valence-corrected chi connectivity index (χ4v) is 0.211. The number of hydrogen-bond acceptors (Lipinski definition) is 4. The van der Waals surface area contributed by atoms with Gasteiger partial charge in [0.05, 0.1) is 14.2 Å². The largest absolute Gasteiger partial charge is 0.465 e. The highest BCUT2D eigenvalue weighted by atomic mass is 16.5.